The Bertz CT molecular complexity index is 957. The summed E-state index contributed by atoms with van der Waals surface area (Å²) in [5, 5.41) is 4.39. The van der Waals surface area contributed by atoms with E-state index >= 15 is 0 Å². The van der Waals surface area contributed by atoms with Crippen LogP contribution >= 0.6 is 0 Å². The molecule has 1 aromatic heterocycles. The number of aromatic nitrogens is 2. The first-order chi connectivity index (χ1) is 13.1. The number of piperidine rings is 1. The maximum atomic E-state index is 13.4. The summed E-state index contributed by atoms with van der Waals surface area (Å²) in [6.07, 6.45) is 5.64. The van der Waals surface area contributed by atoms with Crippen molar-refractivity contribution in [2.75, 3.05) is 13.1 Å². The van der Waals surface area contributed by atoms with Gasteiger partial charge in [0.1, 0.15) is 5.82 Å². The van der Waals surface area contributed by atoms with Crippen molar-refractivity contribution >= 4 is 5.91 Å². The monoisotopic (exact) mass is 363 g/mol. The second kappa shape index (κ2) is 7.35. The SMILES string of the molecule is Cc1ccccc1C(=O)N1CCC(c2cnn(-c3cccc(F)c3)c2)CC1. The molecule has 0 atom stereocenters. The van der Waals surface area contributed by atoms with E-state index in [1.165, 1.54) is 12.1 Å². The molecule has 2 aromatic carbocycles. The Morgan fingerprint density at radius 3 is 2.63 bits per heavy atom. The lowest BCUT2D eigenvalue weighted by Gasteiger charge is -2.32. The van der Waals surface area contributed by atoms with Gasteiger partial charge < -0.3 is 4.90 Å². The normalized spacial score (nSPS) is 15.1. The Kier molecular flexibility index (Phi) is 4.75. The van der Waals surface area contributed by atoms with Crippen molar-refractivity contribution in [1.82, 2.24) is 14.7 Å². The number of halogens is 1. The number of amides is 1. The highest BCUT2D eigenvalue weighted by atomic mass is 19.1. The van der Waals surface area contributed by atoms with E-state index in [1.54, 1.807) is 10.7 Å². The average Bonchev–Trinajstić information content (AvgIpc) is 3.18. The molecule has 1 aliphatic heterocycles. The number of benzene rings is 2. The van der Waals surface area contributed by atoms with Gasteiger partial charge in [0.05, 0.1) is 11.9 Å². The number of aryl methyl sites for hydroxylation is 1. The second-order valence-corrected chi connectivity index (χ2v) is 7.08. The summed E-state index contributed by atoms with van der Waals surface area (Å²) in [5.41, 5.74) is 3.66. The summed E-state index contributed by atoms with van der Waals surface area (Å²) in [6, 6.07) is 14.1. The molecule has 0 radical (unpaired) electrons. The van der Waals surface area contributed by atoms with Gasteiger partial charge in [-0.05, 0) is 61.1 Å². The van der Waals surface area contributed by atoms with E-state index in [0.29, 0.717) is 11.6 Å². The van der Waals surface area contributed by atoms with Gasteiger partial charge in [-0.3, -0.25) is 4.79 Å². The van der Waals surface area contributed by atoms with Crippen LogP contribution in [-0.4, -0.2) is 33.7 Å². The highest BCUT2D eigenvalue weighted by molar-refractivity contribution is 5.95. The predicted octanol–water partition coefficient (Wildman–Crippen LogP) is 4.34. The molecule has 0 saturated carbocycles. The zero-order valence-corrected chi connectivity index (χ0v) is 15.3. The Morgan fingerprint density at radius 2 is 1.89 bits per heavy atom. The molecule has 3 aromatic rings. The maximum absolute atomic E-state index is 13.4. The molecule has 1 fully saturated rings. The van der Waals surface area contributed by atoms with Crippen LogP contribution in [0.1, 0.15) is 40.2 Å². The van der Waals surface area contributed by atoms with Crippen LogP contribution in [0.3, 0.4) is 0 Å². The van der Waals surface area contributed by atoms with Crippen molar-refractivity contribution in [1.29, 1.82) is 0 Å². The van der Waals surface area contributed by atoms with Gasteiger partial charge in [-0.2, -0.15) is 5.10 Å². The lowest BCUT2D eigenvalue weighted by atomic mass is 9.91. The van der Waals surface area contributed by atoms with E-state index in [4.69, 9.17) is 0 Å². The van der Waals surface area contributed by atoms with Crippen LogP contribution in [0, 0.1) is 12.7 Å². The first-order valence-corrected chi connectivity index (χ1v) is 9.27. The maximum Gasteiger partial charge on any atom is 0.254 e. The van der Waals surface area contributed by atoms with E-state index in [-0.39, 0.29) is 11.7 Å². The van der Waals surface area contributed by atoms with E-state index in [1.807, 2.05) is 54.5 Å². The third kappa shape index (κ3) is 3.63. The highest BCUT2D eigenvalue weighted by Crippen LogP contribution is 2.29. The Hall–Kier alpha value is -2.95. The number of hydrogen-bond donors (Lipinski definition) is 0. The van der Waals surface area contributed by atoms with Crippen LogP contribution in [0.5, 0.6) is 0 Å². The third-order valence-electron chi connectivity index (χ3n) is 5.30. The highest BCUT2D eigenvalue weighted by Gasteiger charge is 2.26. The quantitative estimate of drug-likeness (QED) is 0.694. The molecule has 0 aliphatic carbocycles. The van der Waals surface area contributed by atoms with E-state index in [2.05, 4.69) is 5.10 Å². The minimum absolute atomic E-state index is 0.113. The molecule has 1 aliphatic rings. The minimum Gasteiger partial charge on any atom is -0.339 e. The third-order valence-corrected chi connectivity index (χ3v) is 5.30. The van der Waals surface area contributed by atoms with Gasteiger partial charge >= 0.3 is 0 Å². The number of carbonyl (C=O) groups is 1. The fourth-order valence-electron chi connectivity index (χ4n) is 3.71. The van der Waals surface area contributed by atoms with Crippen LogP contribution in [0.15, 0.2) is 60.9 Å². The summed E-state index contributed by atoms with van der Waals surface area (Å²) < 4.78 is 15.1. The lowest BCUT2D eigenvalue weighted by molar-refractivity contribution is 0.0712. The minimum atomic E-state index is -0.271. The van der Waals surface area contributed by atoms with Crippen LogP contribution in [0.4, 0.5) is 4.39 Å². The molecule has 1 saturated heterocycles. The zero-order valence-electron chi connectivity index (χ0n) is 15.3. The van der Waals surface area contributed by atoms with Crippen LogP contribution < -0.4 is 0 Å². The Morgan fingerprint density at radius 1 is 1.11 bits per heavy atom. The summed E-state index contributed by atoms with van der Waals surface area (Å²) in [6.45, 7) is 3.45. The van der Waals surface area contributed by atoms with Gasteiger partial charge in [-0.25, -0.2) is 9.07 Å². The predicted molar refractivity (Wildman–Crippen MR) is 103 cm³/mol. The largest absolute Gasteiger partial charge is 0.339 e. The van der Waals surface area contributed by atoms with Crippen LogP contribution in [0.25, 0.3) is 5.69 Å². The van der Waals surface area contributed by atoms with Crippen molar-refractivity contribution in [3.63, 3.8) is 0 Å². The summed E-state index contributed by atoms with van der Waals surface area (Å²) in [5.74, 6) is 0.211. The van der Waals surface area contributed by atoms with Crippen molar-refractivity contribution in [3.8, 4) is 5.69 Å². The smallest absolute Gasteiger partial charge is 0.254 e. The molecule has 5 heteroatoms. The number of rotatable bonds is 3. The van der Waals surface area contributed by atoms with E-state index in [9.17, 15) is 9.18 Å². The topological polar surface area (TPSA) is 38.1 Å². The number of likely N-dealkylation sites (tertiary alicyclic amines) is 1. The summed E-state index contributed by atoms with van der Waals surface area (Å²) >= 11 is 0. The number of carbonyl (C=O) groups excluding carboxylic acids is 1. The van der Waals surface area contributed by atoms with E-state index in [0.717, 1.165) is 42.6 Å². The van der Waals surface area contributed by atoms with Gasteiger partial charge in [0.15, 0.2) is 0 Å². The van der Waals surface area contributed by atoms with Crippen LogP contribution in [-0.2, 0) is 0 Å². The van der Waals surface area contributed by atoms with Gasteiger partial charge in [-0.1, -0.05) is 24.3 Å². The number of hydrogen-bond acceptors (Lipinski definition) is 2. The molecule has 2 heterocycles. The van der Waals surface area contributed by atoms with Gasteiger partial charge in [0.25, 0.3) is 5.91 Å². The van der Waals surface area contributed by atoms with Crippen molar-refractivity contribution in [2.24, 2.45) is 0 Å². The first kappa shape index (κ1) is 17.5. The summed E-state index contributed by atoms with van der Waals surface area (Å²) in [4.78, 5) is 14.7. The first-order valence-electron chi connectivity index (χ1n) is 9.27. The van der Waals surface area contributed by atoms with Gasteiger partial charge in [0.2, 0.25) is 0 Å². The molecule has 4 rings (SSSR count). The molecule has 27 heavy (non-hydrogen) atoms. The van der Waals surface area contributed by atoms with Gasteiger partial charge in [-0.15, -0.1) is 0 Å². The summed E-state index contributed by atoms with van der Waals surface area (Å²) in [7, 11) is 0. The fraction of sp³-hybridized carbons (Fsp3) is 0.273. The molecule has 138 valence electrons. The van der Waals surface area contributed by atoms with Crippen molar-refractivity contribution in [3.05, 3.63) is 83.4 Å². The fourth-order valence-corrected chi connectivity index (χ4v) is 3.71. The molecule has 0 bridgehead atoms. The molecule has 0 unspecified atom stereocenters. The Labute approximate surface area is 158 Å². The molecule has 4 nitrogen and oxygen atoms in total. The van der Waals surface area contributed by atoms with Gasteiger partial charge in [0, 0.05) is 24.8 Å². The molecular weight excluding hydrogens is 341 g/mol. The second-order valence-electron chi connectivity index (χ2n) is 7.08. The zero-order chi connectivity index (χ0) is 18.8. The molecule has 0 spiro atoms. The molecule has 0 N–H and O–H groups in total. The average molecular weight is 363 g/mol. The standard InChI is InChI=1S/C22H22FN3O/c1-16-5-2-3-8-21(16)22(27)25-11-9-17(10-12-25)18-14-24-26(15-18)20-7-4-6-19(23)13-20/h2-8,13-15,17H,9-12H2,1H3. The number of nitrogens with zero attached hydrogens (tertiary/aromatic N) is 3. The molecule has 1 amide bonds. The van der Waals surface area contributed by atoms with Crippen molar-refractivity contribution < 1.29 is 9.18 Å². The Balaban J connectivity index is 1.43. The van der Waals surface area contributed by atoms with E-state index < -0.39 is 0 Å². The molecular formula is C22H22FN3O. The van der Waals surface area contributed by atoms with Crippen molar-refractivity contribution in [2.45, 2.75) is 25.7 Å². The van der Waals surface area contributed by atoms with Crippen LogP contribution in [0.2, 0.25) is 0 Å². The lowest BCUT2D eigenvalue weighted by Crippen LogP contribution is -2.38.